The van der Waals surface area contributed by atoms with Crippen molar-refractivity contribution in [2.45, 2.75) is 6.92 Å². The first-order valence-corrected chi connectivity index (χ1v) is 6.52. The van der Waals surface area contributed by atoms with Crippen molar-refractivity contribution < 1.29 is 9.90 Å². The van der Waals surface area contributed by atoms with Gasteiger partial charge in [0.05, 0.1) is 6.61 Å². The molecule has 0 bridgehead atoms. The summed E-state index contributed by atoms with van der Waals surface area (Å²) in [7, 11) is 0. The lowest BCUT2D eigenvalue weighted by molar-refractivity contribution is 0.102. The third kappa shape index (κ3) is 3.59. The van der Waals surface area contributed by atoms with Crippen LogP contribution in [0.3, 0.4) is 0 Å². The third-order valence-corrected chi connectivity index (χ3v) is 2.95. The molecule has 20 heavy (non-hydrogen) atoms. The van der Waals surface area contributed by atoms with E-state index in [1.165, 1.54) is 0 Å². The molecule has 0 aromatic heterocycles. The molecule has 104 valence electrons. The fourth-order valence-electron chi connectivity index (χ4n) is 1.90. The first kappa shape index (κ1) is 14.1. The highest BCUT2D eigenvalue weighted by Gasteiger charge is 2.07. The summed E-state index contributed by atoms with van der Waals surface area (Å²) in [5.74, 6) is -0.121. The molecule has 0 spiro atoms. The van der Waals surface area contributed by atoms with Gasteiger partial charge in [0.15, 0.2) is 0 Å². The van der Waals surface area contributed by atoms with Crippen molar-refractivity contribution in [2.24, 2.45) is 0 Å². The number of nitrogens with one attached hydrogen (secondary N) is 2. The molecule has 0 radical (unpaired) electrons. The fourth-order valence-corrected chi connectivity index (χ4v) is 1.90. The molecule has 0 saturated carbocycles. The van der Waals surface area contributed by atoms with Crippen molar-refractivity contribution in [3.8, 4) is 0 Å². The van der Waals surface area contributed by atoms with Crippen LogP contribution in [0, 0.1) is 6.92 Å². The summed E-state index contributed by atoms with van der Waals surface area (Å²) < 4.78 is 0. The highest BCUT2D eigenvalue weighted by atomic mass is 16.3. The topological polar surface area (TPSA) is 61.4 Å². The van der Waals surface area contributed by atoms with Crippen molar-refractivity contribution in [2.75, 3.05) is 23.8 Å². The minimum Gasteiger partial charge on any atom is -0.395 e. The lowest BCUT2D eigenvalue weighted by atomic mass is 10.1. The number of amides is 1. The van der Waals surface area contributed by atoms with Crippen molar-refractivity contribution in [1.29, 1.82) is 0 Å². The monoisotopic (exact) mass is 270 g/mol. The number of carbonyl (C=O) groups excluding carboxylic acids is 1. The van der Waals surface area contributed by atoms with Gasteiger partial charge in [-0.2, -0.15) is 0 Å². The third-order valence-electron chi connectivity index (χ3n) is 2.95. The zero-order chi connectivity index (χ0) is 14.4. The molecule has 0 unspecified atom stereocenters. The largest absolute Gasteiger partial charge is 0.395 e. The molecule has 4 heteroatoms. The molecule has 2 rings (SSSR count). The molecule has 1 amide bonds. The van der Waals surface area contributed by atoms with Crippen LogP contribution in [0.4, 0.5) is 11.4 Å². The molecule has 0 saturated heterocycles. The van der Waals surface area contributed by atoms with Crippen LogP contribution in [0.15, 0.2) is 48.5 Å². The average Bonchev–Trinajstić information content (AvgIpc) is 2.48. The van der Waals surface area contributed by atoms with Crippen LogP contribution in [0.25, 0.3) is 0 Å². The molecule has 4 nitrogen and oxygen atoms in total. The van der Waals surface area contributed by atoms with Gasteiger partial charge in [0.2, 0.25) is 0 Å². The van der Waals surface area contributed by atoms with Crippen molar-refractivity contribution in [3.63, 3.8) is 0 Å². The Kier molecular flexibility index (Phi) is 4.74. The zero-order valence-electron chi connectivity index (χ0n) is 11.4. The molecular weight excluding hydrogens is 252 g/mol. The Morgan fingerprint density at radius 2 is 1.90 bits per heavy atom. The van der Waals surface area contributed by atoms with E-state index < -0.39 is 0 Å². The smallest absolute Gasteiger partial charge is 0.255 e. The Labute approximate surface area is 118 Å². The molecule has 0 atom stereocenters. The second kappa shape index (κ2) is 6.73. The van der Waals surface area contributed by atoms with E-state index in [0.717, 1.165) is 16.9 Å². The first-order chi connectivity index (χ1) is 9.70. The van der Waals surface area contributed by atoms with E-state index in [4.69, 9.17) is 5.11 Å². The van der Waals surface area contributed by atoms with Crippen LogP contribution in [-0.4, -0.2) is 24.2 Å². The predicted octanol–water partition coefficient (Wildman–Crippen LogP) is 2.65. The normalized spacial score (nSPS) is 10.1. The number of aliphatic hydroxyl groups excluding tert-OH is 1. The summed E-state index contributed by atoms with van der Waals surface area (Å²) in [5.41, 5.74) is 3.31. The quantitative estimate of drug-likeness (QED) is 0.782. The molecule has 0 aliphatic rings. The van der Waals surface area contributed by atoms with E-state index in [0.29, 0.717) is 12.1 Å². The van der Waals surface area contributed by atoms with Crippen LogP contribution < -0.4 is 10.6 Å². The van der Waals surface area contributed by atoms with E-state index >= 15 is 0 Å². The van der Waals surface area contributed by atoms with Crippen molar-refractivity contribution in [1.82, 2.24) is 0 Å². The second-order valence-corrected chi connectivity index (χ2v) is 4.50. The number of aryl methyl sites for hydroxylation is 1. The minimum absolute atomic E-state index is 0.0888. The zero-order valence-corrected chi connectivity index (χ0v) is 11.4. The lowest BCUT2D eigenvalue weighted by Crippen LogP contribution is -2.13. The SMILES string of the molecule is Cc1cc(NCCO)ccc1NC(=O)c1ccccc1. The average molecular weight is 270 g/mol. The number of anilines is 2. The van der Waals surface area contributed by atoms with Gasteiger partial charge in [0.25, 0.3) is 5.91 Å². The van der Waals surface area contributed by atoms with Crippen LogP contribution in [0.1, 0.15) is 15.9 Å². The van der Waals surface area contributed by atoms with Crippen LogP contribution in [0.2, 0.25) is 0 Å². The van der Waals surface area contributed by atoms with Gasteiger partial charge >= 0.3 is 0 Å². The maximum absolute atomic E-state index is 12.1. The van der Waals surface area contributed by atoms with E-state index in [1.807, 2.05) is 43.3 Å². The van der Waals surface area contributed by atoms with E-state index in [2.05, 4.69) is 10.6 Å². The summed E-state index contributed by atoms with van der Waals surface area (Å²) in [6, 6.07) is 14.8. The molecule has 0 heterocycles. The van der Waals surface area contributed by atoms with Crippen molar-refractivity contribution in [3.05, 3.63) is 59.7 Å². The highest BCUT2D eigenvalue weighted by Crippen LogP contribution is 2.20. The van der Waals surface area contributed by atoms with Gasteiger partial charge in [-0.05, 0) is 42.8 Å². The summed E-state index contributed by atoms with van der Waals surface area (Å²) >= 11 is 0. The maximum Gasteiger partial charge on any atom is 0.255 e. The Bertz CT molecular complexity index is 582. The first-order valence-electron chi connectivity index (χ1n) is 6.52. The van der Waals surface area contributed by atoms with Crippen LogP contribution in [0.5, 0.6) is 0 Å². The molecule has 0 aliphatic carbocycles. The second-order valence-electron chi connectivity index (χ2n) is 4.50. The minimum atomic E-state index is -0.121. The van der Waals surface area contributed by atoms with E-state index in [-0.39, 0.29) is 12.5 Å². The summed E-state index contributed by atoms with van der Waals surface area (Å²) in [6.45, 7) is 2.53. The Morgan fingerprint density at radius 1 is 1.15 bits per heavy atom. The summed E-state index contributed by atoms with van der Waals surface area (Å²) in [4.78, 5) is 12.1. The van der Waals surface area contributed by atoms with E-state index in [1.54, 1.807) is 12.1 Å². The van der Waals surface area contributed by atoms with Crippen LogP contribution >= 0.6 is 0 Å². The fraction of sp³-hybridized carbons (Fsp3) is 0.188. The number of rotatable bonds is 5. The Hall–Kier alpha value is -2.33. The molecule has 0 fully saturated rings. The van der Waals surface area contributed by atoms with Gasteiger partial charge in [-0.25, -0.2) is 0 Å². The molecule has 3 N–H and O–H groups in total. The lowest BCUT2D eigenvalue weighted by Gasteiger charge is -2.11. The van der Waals surface area contributed by atoms with Crippen LogP contribution in [-0.2, 0) is 0 Å². The molecule has 0 aliphatic heterocycles. The van der Waals surface area contributed by atoms with Gasteiger partial charge in [0, 0.05) is 23.5 Å². The summed E-state index contributed by atoms with van der Waals surface area (Å²) in [5, 5.41) is 14.8. The number of benzene rings is 2. The number of aliphatic hydroxyl groups is 1. The van der Waals surface area contributed by atoms with Gasteiger partial charge in [0.1, 0.15) is 0 Å². The van der Waals surface area contributed by atoms with Gasteiger partial charge in [-0.1, -0.05) is 18.2 Å². The molecule has 2 aromatic rings. The Balaban J connectivity index is 2.08. The van der Waals surface area contributed by atoms with E-state index in [9.17, 15) is 4.79 Å². The predicted molar refractivity (Wildman–Crippen MR) is 81.1 cm³/mol. The Morgan fingerprint density at radius 3 is 2.55 bits per heavy atom. The standard InChI is InChI=1S/C16H18N2O2/c1-12-11-14(17-9-10-19)7-8-15(12)18-16(20)13-5-3-2-4-6-13/h2-8,11,17,19H,9-10H2,1H3,(H,18,20). The van der Waals surface area contributed by atoms with Gasteiger partial charge in [-0.15, -0.1) is 0 Å². The number of hydrogen-bond donors (Lipinski definition) is 3. The van der Waals surface area contributed by atoms with Gasteiger partial charge < -0.3 is 15.7 Å². The highest BCUT2D eigenvalue weighted by molar-refractivity contribution is 6.04. The molecule has 2 aromatic carbocycles. The number of carbonyl (C=O) groups is 1. The molecular formula is C16H18N2O2. The van der Waals surface area contributed by atoms with Crippen molar-refractivity contribution >= 4 is 17.3 Å². The van der Waals surface area contributed by atoms with Gasteiger partial charge in [-0.3, -0.25) is 4.79 Å². The number of hydrogen-bond acceptors (Lipinski definition) is 3. The summed E-state index contributed by atoms with van der Waals surface area (Å²) in [6.07, 6.45) is 0. The maximum atomic E-state index is 12.1.